The quantitative estimate of drug-likeness (QED) is 0.220. The number of benzene rings is 1. The van der Waals surface area contributed by atoms with Crippen molar-refractivity contribution in [2.45, 2.75) is 4.90 Å². The van der Waals surface area contributed by atoms with E-state index in [1.54, 1.807) is 0 Å². The largest absolute Gasteiger partial charge is 0.416 e. The molecule has 19 heavy (non-hydrogen) atoms. The average Bonchev–Trinajstić information content (AvgIpc) is 2.26. The third-order valence-corrected chi connectivity index (χ3v) is 2.73. The summed E-state index contributed by atoms with van der Waals surface area (Å²) in [4.78, 5) is 19.2. The molecule has 0 fully saturated rings. The Labute approximate surface area is 106 Å². The van der Waals surface area contributed by atoms with Gasteiger partial charge in [0.25, 0.3) is 10.1 Å². The molecule has 0 unspecified atom stereocenters. The van der Waals surface area contributed by atoms with Crippen molar-refractivity contribution >= 4 is 21.8 Å². The van der Waals surface area contributed by atoms with Crippen LogP contribution in [0.25, 0.3) is 0 Å². The number of ether oxygens (including phenoxy) is 1. The molecular formula is C9H6FNO7S. The van der Waals surface area contributed by atoms with Gasteiger partial charge in [-0.3, -0.25) is 14.7 Å². The highest BCUT2D eigenvalue weighted by Gasteiger charge is 2.26. The van der Waals surface area contributed by atoms with Crippen LogP contribution in [0.1, 0.15) is 0 Å². The predicted molar refractivity (Wildman–Crippen MR) is 58.7 cm³/mol. The topological polar surface area (TPSA) is 124 Å². The molecule has 0 radical (unpaired) electrons. The Morgan fingerprint density at radius 2 is 2.11 bits per heavy atom. The van der Waals surface area contributed by atoms with Crippen LogP contribution in [0.5, 0.6) is 5.75 Å². The van der Waals surface area contributed by atoms with Crippen molar-refractivity contribution in [3.8, 4) is 5.75 Å². The number of esters is 1. The summed E-state index contributed by atoms with van der Waals surface area (Å²) in [6.45, 7) is 3.04. The molecule has 0 heterocycles. The van der Waals surface area contributed by atoms with E-state index in [2.05, 4.69) is 11.3 Å². The van der Waals surface area contributed by atoms with E-state index in [1.807, 2.05) is 0 Å². The van der Waals surface area contributed by atoms with Crippen LogP contribution in [-0.4, -0.2) is 23.9 Å². The smallest absolute Gasteiger partial charge is 0.335 e. The number of nitro benzene ring substituents is 1. The van der Waals surface area contributed by atoms with Gasteiger partial charge >= 0.3 is 11.7 Å². The van der Waals surface area contributed by atoms with E-state index in [9.17, 15) is 27.7 Å². The lowest BCUT2D eigenvalue weighted by Gasteiger charge is -2.05. The Kier molecular flexibility index (Phi) is 3.97. The van der Waals surface area contributed by atoms with Crippen LogP contribution >= 0.6 is 0 Å². The van der Waals surface area contributed by atoms with Gasteiger partial charge in [-0.1, -0.05) is 6.58 Å². The van der Waals surface area contributed by atoms with Gasteiger partial charge in [0, 0.05) is 18.2 Å². The first kappa shape index (κ1) is 14.7. The zero-order valence-electron chi connectivity index (χ0n) is 9.07. The molecule has 102 valence electrons. The summed E-state index contributed by atoms with van der Waals surface area (Å²) in [6.07, 6.45) is 0.679. The van der Waals surface area contributed by atoms with E-state index < -0.39 is 43.2 Å². The summed E-state index contributed by atoms with van der Waals surface area (Å²) in [5.41, 5.74) is -0.996. The van der Waals surface area contributed by atoms with Crippen molar-refractivity contribution in [3.05, 3.63) is 40.7 Å². The number of hydrogen-bond acceptors (Lipinski definition) is 6. The summed E-state index contributed by atoms with van der Waals surface area (Å²) in [7, 11) is -4.98. The SMILES string of the molecule is C=CC(=O)Oc1cc(F)c(S(=O)(=O)O)cc1[N+](=O)[O-]. The van der Waals surface area contributed by atoms with Gasteiger partial charge in [0.1, 0.15) is 10.7 Å². The van der Waals surface area contributed by atoms with Crippen molar-refractivity contribution in [3.63, 3.8) is 0 Å². The molecule has 1 N–H and O–H groups in total. The van der Waals surface area contributed by atoms with Crippen LogP contribution < -0.4 is 4.74 Å². The Hall–Kier alpha value is -2.33. The number of halogens is 1. The van der Waals surface area contributed by atoms with E-state index in [1.165, 1.54) is 0 Å². The standard InChI is InChI=1S/C9H6FNO7S/c1-2-9(12)18-7-3-5(10)8(19(15,16)17)4-6(7)11(13)14/h2-4H,1H2,(H,15,16,17). The lowest BCUT2D eigenvalue weighted by Crippen LogP contribution is -2.08. The molecule has 1 aromatic rings. The summed E-state index contributed by atoms with van der Waals surface area (Å²) >= 11 is 0. The lowest BCUT2D eigenvalue weighted by atomic mass is 10.3. The van der Waals surface area contributed by atoms with E-state index >= 15 is 0 Å². The maximum Gasteiger partial charge on any atom is 0.335 e. The zero-order chi connectivity index (χ0) is 14.8. The van der Waals surface area contributed by atoms with E-state index in [0.717, 1.165) is 0 Å². The number of hydrogen-bond donors (Lipinski definition) is 1. The maximum absolute atomic E-state index is 13.4. The fraction of sp³-hybridized carbons (Fsp3) is 0. The Morgan fingerprint density at radius 3 is 2.53 bits per heavy atom. The first-order valence-corrected chi connectivity index (χ1v) is 5.90. The minimum Gasteiger partial charge on any atom is -0.416 e. The molecule has 0 bridgehead atoms. The number of nitro groups is 1. The van der Waals surface area contributed by atoms with Gasteiger partial charge < -0.3 is 4.74 Å². The molecule has 0 spiro atoms. The highest BCUT2D eigenvalue weighted by atomic mass is 32.2. The number of rotatable bonds is 4. The predicted octanol–water partition coefficient (Wildman–Crippen LogP) is 1.07. The zero-order valence-corrected chi connectivity index (χ0v) is 9.89. The van der Waals surface area contributed by atoms with E-state index in [4.69, 9.17) is 4.55 Å². The van der Waals surface area contributed by atoms with E-state index in [-0.39, 0.29) is 6.07 Å². The fourth-order valence-electron chi connectivity index (χ4n) is 1.10. The molecule has 1 aromatic carbocycles. The molecule has 0 aromatic heterocycles. The molecule has 0 atom stereocenters. The Bertz CT molecular complexity index is 667. The Morgan fingerprint density at radius 1 is 1.53 bits per heavy atom. The van der Waals surface area contributed by atoms with Crippen molar-refractivity contribution in [1.29, 1.82) is 0 Å². The van der Waals surface area contributed by atoms with Crippen molar-refractivity contribution in [2.75, 3.05) is 0 Å². The molecule has 1 rings (SSSR count). The molecule has 0 saturated carbocycles. The van der Waals surface area contributed by atoms with Crippen LogP contribution in [0, 0.1) is 15.9 Å². The molecule has 0 amide bonds. The molecule has 0 aliphatic heterocycles. The molecular weight excluding hydrogens is 285 g/mol. The molecule has 0 saturated heterocycles. The third-order valence-electron chi connectivity index (χ3n) is 1.87. The molecule has 10 heteroatoms. The van der Waals surface area contributed by atoms with Crippen LogP contribution in [0.3, 0.4) is 0 Å². The van der Waals surface area contributed by atoms with Crippen LogP contribution in [0.4, 0.5) is 10.1 Å². The molecule has 0 aliphatic rings. The summed E-state index contributed by atoms with van der Waals surface area (Å²) in [6, 6.07) is 0.555. The Balaban J connectivity index is 3.50. The monoisotopic (exact) mass is 291 g/mol. The lowest BCUT2D eigenvalue weighted by molar-refractivity contribution is -0.385. The van der Waals surface area contributed by atoms with Crippen molar-refractivity contribution in [1.82, 2.24) is 0 Å². The number of carbonyl (C=O) groups is 1. The van der Waals surface area contributed by atoms with Crippen LogP contribution in [0.15, 0.2) is 29.7 Å². The van der Waals surface area contributed by atoms with Gasteiger partial charge in [0.15, 0.2) is 0 Å². The van der Waals surface area contributed by atoms with Gasteiger partial charge in [0.05, 0.1) is 4.92 Å². The van der Waals surface area contributed by atoms with Crippen LogP contribution in [0.2, 0.25) is 0 Å². The first-order valence-electron chi connectivity index (χ1n) is 4.46. The normalized spacial score (nSPS) is 10.8. The number of nitrogens with zero attached hydrogens (tertiary/aromatic N) is 1. The minimum absolute atomic E-state index is 0.246. The summed E-state index contributed by atoms with van der Waals surface area (Å²) in [5.74, 6) is -3.40. The highest BCUT2D eigenvalue weighted by molar-refractivity contribution is 7.85. The number of carbonyl (C=O) groups excluding carboxylic acids is 1. The van der Waals surface area contributed by atoms with Gasteiger partial charge in [0.2, 0.25) is 5.75 Å². The van der Waals surface area contributed by atoms with Gasteiger partial charge in [-0.25, -0.2) is 9.18 Å². The summed E-state index contributed by atoms with van der Waals surface area (Å²) < 4.78 is 48.0. The average molecular weight is 291 g/mol. The maximum atomic E-state index is 13.4. The fourth-order valence-corrected chi connectivity index (χ4v) is 1.66. The second kappa shape index (κ2) is 5.12. The highest BCUT2D eigenvalue weighted by Crippen LogP contribution is 2.32. The van der Waals surface area contributed by atoms with E-state index in [0.29, 0.717) is 12.1 Å². The second-order valence-electron chi connectivity index (χ2n) is 3.11. The minimum atomic E-state index is -4.98. The van der Waals surface area contributed by atoms with Crippen LogP contribution in [-0.2, 0) is 14.9 Å². The summed E-state index contributed by atoms with van der Waals surface area (Å²) in [5, 5.41) is 10.7. The van der Waals surface area contributed by atoms with Gasteiger partial charge in [-0.15, -0.1) is 0 Å². The molecule has 0 aliphatic carbocycles. The van der Waals surface area contributed by atoms with Gasteiger partial charge in [-0.05, 0) is 0 Å². The first-order chi connectivity index (χ1) is 8.66. The molecule has 8 nitrogen and oxygen atoms in total. The van der Waals surface area contributed by atoms with Crippen molar-refractivity contribution < 1.29 is 31.8 Å². The van der Waals surface area contributed by atoms with Gasteiger partial charge in [-0.2, -0.15) is 8.42 Å². The second-order valence-corrected chi connectivity index (χ2v) is 4.50. The van der Waals surface area contributed by atoms with Crippen molar-refractivity contribution in [2.24, 2.45) is 0 Å². The third kappa shape index (κ3) is 3.33.